The van der Waals surface area contributed by atoms with Crippen LogP contribution in [0.4, 0.5) is 19.0 Å². The third-order valence-corrected chi connectivity index (χ3v) is 11.1. The molecule has 1 aromatic heterocycles. The van der Waals surface area contributed by atoms with Crippen LogP contribution in [0.3, 0.4) is 0 Å². The van der Waals surface area contributed by atoms with E-state index in [-0.39, 0.29) is 44.6 Å². The number of likely N-dealkylation sites (N-methyl/N-ethyl adjacent to an activating group) is 1. The fourth-order valence-electron chi connectivity index (χ4n) is 8.51. The van der Waals surface area contributed by atoms with Gasteiger partial charge in [-0.1, -0.05) is 12.1 Å². The molecule has 4 unspecified atom stereocenters. The Hall–Kier alpha value is -3.67. The first kappa shape index (κ1) is 28.5. The van der Waals surface area contributed by atoms with Gasteiger partial charge in [-0.05, 0) is 67.9 Å². The summed E-state index contributed by atoms with van der Waals surface area (Å²) in [4.78, 5) is 16.7. The second-order valence-corrected chi connectivity index (χ2v) is 14.4. The van der Waals surface area contributed by atoms with E-state index >= 15 is 8.78 Å². The number of anilines is 1. The number of aromatic nitrogens is 2. The number of hydrogen-bond acceptors (Lipinski definition) is 8. The molecule has 5 aliphatic rings. The molecule has 46 heavy (non-hydrogen) atoms. The highest BCUT2D eigenvalue weighted by molar-refractivity contribution is 6.01. The molecule has 9 rings (SSSR count). The quantitative estimate of drug-likeness (QED) is 0.298. The van der Waals surface area contributed by atoms with Gasteiger partial charge in [0.05, 0.1) is 6.61 Å². The Labute approximate surface area is 265 Å². The van der Waals surface area contributed by atoms with Crippen LogP contribution in [0.25, 0.3) is 32.8 Å². The third kappa shape index (κ3) is 4.69. The fraction of sp³-hybridized carbons (Fsp3) is 0.486. The molecule has 0 radical (unpaired) electrons. The summed E-state index contributed by atoms with van der Waals surface area (Å²) in [6, 6.07) is 9.67. The van der Waals surface area contributed by atoms with E-state index in [9.17, 15) is 9.50 Å². The summed E-state index contributed by atoms with van der Waals surface area (Å²) in [5.41, 5.74) is 0.167. The zero-order valence-electron chi connectivity index (χ0n) is 25.8. The van der Waals surface area contributed by atoms with Crippen LogP contribution in [0.5, 0.6) is 11.8 Å². The minimum atomic E-state index is -1.09. The van der Waals surface area contributed by atoms with Crippen LogP contribution in [-0.4, -0.2) is 95.9 Å². The standard InChI is InChI=1S/C35H37F3N6O2/c1-42-12-20-13-44(28(20)16-42)17-35(8-9-35)18-46-34-40-32-25(33(41-34)43-14-21-3-4-22(15-43)39-21)6-5-24(30(32)37)26-11-23(45)10-19-2-7-27(36)31(38)29(19)26/h2,5-7,10-11,20-22,28,39,45H,3-4,8-9,12-18H2,1H3. The molecule has 4 aliphatic heterocycles. The first-order valence-corrected chi connectivity index (χ1v) is 16.4. The van der Waals surface area contributed by atoms with E-state index in [1.807, 2.05) is 0 Å². The number of benzene rings is 3. The maximum absolute atomic E-state index is 16.7. The molecule has 2 N–H and O–H groups in total. The number of likely N-dealkylation sites (tertiary alicyclic amines) is 2. The summed E-state index contributed by atoms with van der Waals surface area (Å²) < 4.78 is 52.6. The van der Waals surface area contributed by atoms with E-state index in [0.29, 0.717) is 35.9 Å². The number of phenolic OH excluding ortho intramolecular Hbond substituents is 1. The Balaban J connectivity index is 1.10. The van der Waals surface area contributed by atoms with Crippen LogP contribution >= 0.6 is 0 Å². The highest BCUT2D eigenvalue weighted by atomic mass is 19.2. The summed E-state index contributed by atoms with van der Waals surface area (Å²) in [7, 11) is 2.19. The van der Waals surface area contributed by atoms with Gasteiger partial charge in [0.15, 0.2) is 17.5 Å². The topological polar surface area (TPSA) is 77.0 Å². The number of fused-ring (bicyclic) bond motifs is 5. The molecule has 3 aromatic carbocycles. The zero-order chi connectivity index (χ0) is 31.3. The van der Waals surface area contributed by atoms with Gasteiger partial charge in [-0.25, -0.2) is 13.2 Å². The second kappa shape index (κ2) is 10.4. The van der Waals surface area contributed by atoms with Gasteiger partial charge in [0.25, 0.3) is 0 Å². The Morgan fingerprint density at radius 3 is 2.50 bits per heavy atom. The van der Waals surface area contributed by atoms with Crippen molar-refractivity contribution in [2.45, 2.75) is 43.8 Å². The lowest BCUT2D eigenvalue weighted by molar-refractivity contribution is 0.0206. The van der Waals surface area contributed by atoms with E-state index in [0.717, 1.165) is 70.4 Å². The highest BCUT2D eigenvalue weighted by Gasteiger charge is 2.51. The van der Waals surface area contributed by atoms with Crippen molar-refractivity contribution in [2.75, 3.05) is 57.8 Å². The lowest BCUT2D eigenvalue weighted by atomic mass is 9.90. The first-order chi connectivity index (χ1) is 22.2. The van der Waals surface area contributed by atoms with Gasteiger partial charge in [-0.15, -0.1) is 0 Å². The van der Waals surface area contributed by atoms with Gasteiger partial charge in [0, 0.05) is 85.1 Å². The maximum atomic E-state index is 16.7. The van der Waals surface area contributed by atoms with Crippen molar-refractivity contribution in [3.63, 3.8) is 0 Å². The first-order valence-electron chi connectivity index (χ1n) is 16.4. The third-order valence-electron chi connectivity index (χ3n) is 11.1. The predicted octanol–water partition coefficient (Wildman–Crippen LogP) is 4.92. The van der Waals surface area contributed by atoms with Gasteiger partial charge in [0.1, 0.15) is 17.1 Å². The van der Waals surface area contributed by atoms with Crippen molar-refractivity contribution < 1.29 is 23.0 Å². The second-order valence-electron chi connectivity index (χ2n) is 14.4. The minimum absolute atomic E-state index is 0.0152. The highest BCUT2D eigenvalue weighted by Crippen LogP contribution is 2.49. The molecule has 1 saturated carbocycles. The number of nitrogens with one attached hydrogen (secondary N) is 1. The molecule has 1 aliphatic carbocycles. The molecule has 5 fully saturated rings. The Morgan fingerprint density at radius 1 is 0.935 bits per heavy atom. The summed E-state index contributed by atoms with van der Waals surface area (Å²) in [6.07, 6.45) is 4.30. The minimum Gasteiger partial charge on any atom is -0.508 e. The van der Waals surface area contributed by atoms with Crippen LogP contribution in [0, 0.1) is 28.8 Å². The normalized spacial score (nSPS) is 26.9. The van der Waals surface area contributed by atoms with E-state index in [1.54, 1.807) is 12.1 Å². The number of hydrogen-bond donors (Lipinski definition) is 2. The molecule has 8 nitrogen and oxygen atoms in total. The summed E-state index contributed by atoms with van der Waals surface area (Å²) >= 11 is 0. The molecule has 0 amide bonds. The lowest BCUT2D eigenvalue weighted by Gasteiger charge is -2.45. The molecule has 0 spiro atoms. The molecular formula is C35H37F3N6O2. The summed E-state index contributed by atoms with van der Waals surface area (Å²) in [6.45, 7) is 6.32. The molecule has 4 saturated heterocycles. The smallest absolute Gasteiger partial charge is 0.319 e. The number of piperazine rings is 1. The van der Waals surface area contributed by atoms with Gasteiger partial charge < -0.3 is 25.0 Å². The average molecular weight is 631 g/mol. The van der Waals surface area contributed by atoms with Crippen molar-refractivity contribution >= 4 is 27.5 Å². The van der Waals surface area contributed by atoms with Crippen molar-refractivity contribution in [1.29, 1.82) is 0 Å². The van der Waals surface area contributed by atoms with Crippen LogP contribution in [0.2, 0.25) is 0 Å². The zero-order valence-corrected chi connectivity index (χ0v) is 25.8. The Morgan fingerprint density at radius 2 is 1.74 bits per heavy atom. The fourth-order valence-corrected chi connectivity index (χ4v) is 8.51. The number of ether oxygens (including phenoxy) is 1. The molecular weight excluding hydrogens is 593 g/mol. The van der Waals surface area contributed by atoms with Gasteiger partial charge in [-0.2, -0.15) is 9.97 Å². The van der Waals surface area contributed by atoms with E-state index in [1.165, 1.54) is 24.7 Å². The number of phenols is 1. The monoisotopic (exact) mass is 630 g/mol. The van der Waals surface area contributed by atoms with Crippen LogP contribution in [0.1, 0.15) is 25.7 Å². The van der Waals surface area contributed by atoms with Gasteiger partial charge in [-0.3, -0.25) is 4.90 Å². The van der Waals surface area contributed by atoms with Crippen LogP contribution < -0.4 is 15.0 Å². The molecule has 2 bridgehead atoms. The Bertz CT molecular complexity index is 1870. The Kier molecular flexibility index (Phi) is 6.46. The SMILES string of the molecule is CN1CC2CN(CC3(COc4nc(N5CC6CCC(C5)N6)c5ccc(-c6cc(O)cc7ccc(F)c(F)c67)c(F)c5n4)CC3)C2C1. The van der Waals surface area contributed by atoms with Gasteiger partial charge in [0.2, 0.25) is 0 Å². The van der Waals surface area contributed by atoms with Crippen molar-refractivity contribution in [1.82, 2.24) is 25.1 Å². The maximum Gasteiger partial charge on any atom is 0.319 e. The number of aromatic hydroxyl groups is 1. The largest absolute Gasteiger partial charge is 0.508 e. The molecule has 5 heterocycles. The predicted molar refractivity (Wildman–Crippen MR) is 170 cm³/mol. The molecule has 4 atom stereocenters. The average Bonchev–Trinajstić information content (AvgIpc) is 3.64. The lowest BCUT2D eigenvalue weighted by Crippen LogP contribution is -2.57. The van der Waals surface area contributed by atoms with Crippen molar-refractivity contribution in [3.8, 4) is 22.9 Å². The molecule has 11 heteroatoms. The summed E-state index contributed by atoms with van der Waals surface area (Å²) in [5, 5.41) is 14.8. The number of rotatable bonds is 7. The van der Waals surface area contributed by atoms with Crippen molar-refractivity contribution in [2.24, 2.45) is 11.3 Å². The van der Waals surface area contributed by atoms with Gasteiger partial charge >= 0.3 is 6.01 Å². The van der Waals surface area contributed by atoms with Crippen molar-refractivity contribution in [3.05, 3.63) is 53.8 Å². The number of halogens is 3. The molecule has 4 aromatic rings. The van der Waals surface area contributed by atoms with E-state index in [2.05, 4.69) is 32.0 Å². The van der Waals surface area contributed by atoms with E-state index in [4.69, 9.17) is 9.72 Å². The van der Waals surface area contributed by atoms with E-state index < -0.39 is 17.5 Å². The van der Waals surface area contributed by atoms with Crippen LogP contribution in [0.15, 0.2) is 36.4 Å². The molecule has 240 valence electrons. The van der Waals surface area contributed by atoms with Crippen LogP contribution in [-0.2, 0) is 0 Å². The summed E-state index contributed by atoms with van der Waals surface area (Å²) in [5.74, 6) is -1.64. The number of nitrogens with zero attached hydrogens (tertiary/aromatic N) is 5.